The number of fused-ring (bicyclic) bond motifs is 1. The van der Waals surface area contributed by atoms with E-state index in [0.717, 1.165) is 22.6 Å². The van der Waals surface area contributed by atoms with Gasteiger partial charge in [0.2, 0.25) is 6.17 Å². The molecule has 26 heavy (non-hydrogen) atoms. The topological polar surface area (TPSA) is 50.9 Å². The lowest BCUT2D eigenvalue weighted by Crippen LogP contribution is -2.28. The standard InChI is InChI=1S/C20H19ClN2O3/c1-3-26-20(24)19-22-16(12-6-10-15(25-2)11-7-12)18-17(23(18)19)13-4-8-14(21)9-5-13/h4-11,17-19H,3H2,1-2H3. The Morgan fingerprint density at radius 1 is 1.12 bits per heavy atom. The highest BCUT2D eigenvalue weighted by molar-refractivity contribution is 6.30. The fraction of sp³-hybridized carbons (Fsp3) is 0.300. The number of ether oxygens (including phenoxy) is 2. The number of carbonyl (C=O) groups is 1. The molecule has 0 bridgehead atoms. The summed E-state index contributed by atoms with van der Waals surface area (Å²) in [6, 6.07) is 15.7. The van der Waals surface area contributed by atoms with Gasteiger partial charge in [0.05, 0.1) is 31.5 Å². The van der Waals surface area contributed by atoms with E-state index in [2.05, 4.69) is 9.89 Å². The van der Waals surface area contributed by atoms with Crippen LogP contribution in [0.15, 0.2) is 53.5 Å². The first-order chi connectivity index (χ1) is 12.6. The molecule has 2 aromatic rings. The Morgan fingerprint density at radius 2 is 1.81 bits per heavy atom. The maximum absolute atomic E-state index is 12.4. The SMILES string of the molecule is CCOC(=O)C1N=C(c2ccc(OC)cc2)C2C(c3ccc(Cl)cc3)N12. The second-order valence-electron chi connectivity index (χ2n) is 6.26. The van der Waals surface area contributed by atoms with Gasteiger partial charge in [-0.15, -0.1) is 0 Å². The van der Waals surface area contributed by atoms with E-state index < -0.39 is 6.17 Å². The summed E-state index contributed by atoms with van der Waals surface area (Å²) < 4.78 is 10.4. The van der Waals surface area contributed by atoms with Crippen LogP contribution in [0.25, 0.3) is 0 Å². The third kappa shape index (κ3) is 2.87. The Bertz CT molecular complexity index is 848. The summed E-state index contributed by atoms with van der Waals surface area (Å²) >= 11 is 6.01. The van der Waals surface area contributed by atoms with Crippen LogP contribution in [0.5, 0.6) is 5.75 Å². The maximum atomic E-state index is 12.4. The van der Waals surface area contributed by atoms with Crippen LogP contribution >= 0.6 is 11.6 Å². The van der Waals surface area contributed by atoms with Crippen molar-refractivity contribution in [1.82, 2.24) is 4.90 Å². The van der Waals surface area contributed by atoms with E-state index >= 15 is 0 Å². The minimum Gasteiger partial charge on any atom is -0.497 e. The molecule has 2 aromatic carbocycles. The summed E-state index contributed by atoms with van der Waals surface area (Å²) in [5, 5.41) is 0.695. The van der Waals surface area contributed by atoms with Crippen molar-refractivity contribution in [2.75, 3.05) is 13.7 Å². The first kappa shape index (κ1) is 17.1. The van der Waals surface area contributed by atoms with Crippen molar-refractivity contribution >= 4 is 23.3 Å². The van der Waals surface area contributed by atoms with E-state index in [-0.39, 0.29) is 18.1 Å². The Kier molecular flexibility index (Phi) is 4.42. The zero-order chi connectivity index (χ0) is 18.3. The molecule has 0 saturated carbocycles. The lowest BCUT2D eigenvalue weighted by Gasteiger charge is -2.13. The number of carbonyl (C=O) groups excluding carboxylic acids is 1. The molecule has 1 fully saturated rings. The smallest absolute Gasteiger partial charge is 0.346 e. The Balaban J connectivity index is 1.67. The summed E-state index contributed by atoms with van der Waals surface area (Å²) in [4.78, 5) is 19.1. The Labute approximate surface area is 157 Å². The van der Waals surface area contributed by atoms with Gasteiger partial charge in [0, 0.05) is 5.02 Å². The van der Waals surface area contributed by atoms with Crippen LogP contribution in [0.1, 0.15) is 24.1 Å². The average molecular weight is 371 g/mol. The molecule has 2 aliphatic heterocycles. The van der Waals surface area contributed by atoms with Gasteiger partial charge in [-0.2, -0.15) is 0 Å². The molecule has 0 amide bonds. The molecule has 4 atom stereocenters. The zero-order valence-corrected chi connectivity index (χ0v) is 15.3. The van der Waals surface area contributed by atoms with Gasteiger partial charge >= 0.3 is 5.97 Å². The normalized spacial score (nSPS) is 26.0. The molecule has 1 saturated heterocycles. The molecule has 0 N–H and O–H groups in total. The van der Waals surface area contributed by atoms with E-state index in [1.54, 1.807) is 14.0 Å². The summed E-state index contributed by atoms with van der Waals surface area (Å²) in [5.41, 5.74) is 3.02. The second kappa shape index (κ2) is 6.74. The number of hydrogen-bond donors (Lipinski definition) is 0. The van der Waals surface area contributed by atoms with Crippen LogP contribution in [-0.2, 0) is 9.53 Å². The third-order valence-electron chi connectivity index (χ3n) is 4.77. The van der Waals surface area contributed by atoms with Crippen molar-refractivity contribution < 1.29 is 14.3 Å². The van der Waals surface area contributed by atoms with Crippen LogP contribution in [0.2, 0.25) is 5.02 Å². The Hall–Kier alpha value is -2.37. The van der Waals surface area contributed by atoms with E-state index in [1.165, 1.54) is 0 Å². The number of esters is 1. The highest BCUT2D eigenvalue weighted by Gasteiger charge is 2.61. The summed E-state index contributed by atoms with van der Waals surface area (Å²) in [6.07, 6.45) is -0.599. The van der Waals surface area contributed by atoms with Crippen LogP contribution < -0.4 is 4.74 Å². The highest BCUT2D eigenvalue weighted by Crippen LogP contribution is 2.51. The largest absolute Gasteiger partial charge is 0.497 e. The van der Waals surface area contributed by atoms with Crippen molar-refractivity contribution in [2.24, 2.45) is 4.99 Å². The zero-order valence-electron chi connectivity index (χ0n) is 14.6. The number of nitrogens with zero attached hydrogens (tertiary/aromatic N) is 2. The van der Waals surface area contributed by atoms with Crippen molar-refractivity contribution in [3.05, 3.63) is 64.7 Å². The van der Waals surface area contributed by atoms with Gasteiger partial charge in [-0.3, -0.25) is 9.89 Å². The number of benzene rings is 2. The van der Waals surface area contributed by atoms with E-state index in [4.69, 9.17) is 21.1 Å². The molecule has 0 aromatic heterocycles. The van der Waals surface area contributed by atoms with Gasteiger partial charge in [0.15, 0.2) is 0 Å². The van der Waals surface area contributed by atoms with Gasteiger partial charge in [0.1, 0.15) is 5.75 Å². The first-order valence-electron chi connectivity index (χ1n) is 8.55. The molecule has 0 aliphatic carbocycles. The van der Waals surface area contributed by atoms with Crippen LogP contribution in [0.3, 0.4) is 0 Å². The number of hydrogen-bond acceptors (Lipinski definition) is 5. The molecular weight excluding hydrogens is 352 g/mol. The van der Waals surface area contributed by atoms with E-state index in [9.17, 15) is 4.79 Å². The summed E-state index contributed by atoms with van der Waals surface area (Å²) in [6.45, 7) is 2.14. The monoisotopic (exact) mass is 370 g/mol. The minimum absolute atomic E-state index is 0.0685. The molecule has 2 heterocycles. The molecule has 4 unspecified atom stereocenters. The predicted octanol–water partition coefficient (Wildman–Crippen LogP) is 3.47. The molecule has 4 rings (SSSR count). The van der Waals surface area contributed by atoms with Crippen molar-refractivity contribution in [1.29, 1.82) is 0 Å². The molecule has 0 radical (unpaired) electrons. The predicted molar refractivity (Wildman–Crippen MR) is 99.8 cm³/mol. The maximum Gasteiger partial charge on any atom is 0.346 e. The highest BCUT2D eigenvalue weighted by atomic mass is 35.5. The van der Waals surface area contributed by atoms with Crippen LogP contribution in [0, 0.1) is 0 Å². The lowest BCUT2D eigenvalue weighted by atomic mass is 10.0. The molecule has 5 nitrogen and oxygen atoms in total. The van der Waals surface area contributed by atoms with Crippen molar-refractivity contribution in [3.8, 4) is 5.75 Å². The first-order valence-corrected chi connectivity index (χ1v) is 8.93. The van der Waals surface area contributed by atoms with Gasteiger partial charge in [0.25, 0.3) is 0 Å². The summed E-state index contributed by atoms with van der Waals surface area (Å²) in [7, 11) is 1.64. The quantitative estimate of drug-likeness (QED) is 0.597. The van der Waals surface area contributed by atoms with Gasteiger partial charge in [-0.05, 0) is 54.4 Å². The van der Waals surface area contributed by atoms with Crippen LogP contribution in [0.4, 0.5) is 0 Å². The van der Waals surface area contributed by atoms with Crippen LogP contribution in [-0.4, -0.2) is 42.5 Å². The second-order valence-corrected chi connectivity index (χ2v) is 6.69. The van der Waals surface area contributed by atoms with Gasteiger partial charge < -0.3 is 9.47 Å². The summed E-state index contributed by atoms with van der Waals surface area (Å²) in [5.74, 6) is 0.480. The molecule has 6 heteroatoms. The molecule has 2 aliphatic rings. The van der Waals surface area contributed by atoms with Gasteiger partial charge in [-0.25, -0.2) is 4.79 Å². The molecule has 134 valence electrons. The number of halogens is 1. The number of rotatable bonds is 5. The average Bonchev–Trinajstić information content (AvgIpc) is 3.26. The van der Waals surface area contributed by atoms with Crippen molar-refractivity contribution in [3.63, 3.8) is 0 Å². The third-order valence-corrected chi connectivity index (χ3v) is 5.02. The number of aliphatic imine (C=N–C) groups is 1. The fourth-order valence-corrected chi connectivity index (χ4v) is 3.66. The van der Waals surface area contributed by atoms with Crippen molar-refractivity contribution in [2.45, 2.75) is 25.2 Å². The Morgan fingerprint density at radius 3 is 2.42 bits per heavy atom. The number of methoxy groups -OCH3 is 1. The lowest BCUT2D eigenvalue weighted by molar-refractivity contribution is -0.147. The van der Waals surface area contributed by atoms with Gasteiger partial charge in [-0.1, -0.05) is 23.7 Å². The molecule has 0 spiro atoms. The fourth-order valence-electron chi connectivity index (χ4n) is 3.53. The molecular formula is C20H19ClN2O3. The van der Waals surface area contributed by atoms with E-state index in [0.29, 0.717) is 11.6 Å². The minimum atomic E-state index is -0.599. The van der Waals surface area contributed by atoms with E-state index in [1.807, 2.05) is 48.5 Å².